The first kappa shape index (κ1) is 30.1. The van der Waals surface area contributed by atoms with Gasteiger partial charge in [-0.1, -0.05) is 99.9 Å². The molecule has 1 saturated carbocycles. The van der Waals surface area contributed by atoms with Gasteiger partial charge in [0, 0.05) is 35.4 Å². The van der Waals surface area contributed by atoms with Gasteiger partial charge >= 0.3 is 0 Å². The van der Waals surface area contributed by atoms with Gasteiger partial charge in [-0.25, -0.2) is 0 Å². The van der Waals surface area contributed by atoms with Crippen LogP contribution in [0.1, 0.15) is 129 Å². The molecule has 4 rings (SSSR count). The molecule has 1 fully saturated rings. The third-order valence-corrected chi connectivity index (χ3v) is 10.6. The summed E-state index contributed by atoms with van der Waals surface area (Å²) in [5.41, 5.74) is 1.04. The van der Waals surface area contributed by atoms with E-state index in [-0.39, 0.29) is 29.5 Å². The summed E-state index contributed by atoms with van der Waals surface area (Å²) in [6, 6.07) is 0. The maximum atomic E-state index is 13.4. The summed E-state index contributed by atoms with van der Waals surface area (Å²) in [5, 5.41) is 12.4. The fourth-order valence-electron chi connectivity index (χ4n) is 7.62. The van der Waals surface area contributed by atoms with Crippen LogP contribution in [0.5, 0.6) is 0 Å². The molecule has 5 nitrogen and oxygen atoms in total. The number of Topliss-reactive ketones (excluding diaryl/α,β-unsaturated/α-hetero) is 1. The third kappa shape index (κ3) is 7.07. The van der Waals surface area contributed by atoms with E-state index in [1.54, 1.807) is 7.11 Å². The van der Waals surface area contributed by atoms with Crippen LogP contribution in [0.25, 0.3) is 0 Å². The Morgan fingerprint density at radius 1 is 1.05 bits per heavy atom. The highest BCUT2D eigenvalue weighted by atomic mass is 79.9. The predicted molar refractivity (Wildman–Crippen MR) is 156 cm³/mol. The van der Waals surface area contributed by atoms with Crippen LogP contribution in [0, 0.1) is 17.3 Å². The van der Waals surface area contributed by atoms with Gasteiger partial charge in [0.05, 0.1) is 30.9 Å². The number of rotatable bonds is 16. The predicted octanol–water partition coefficient (Wildman–Crippen LogP) is 8.36. The second kappa shape index (κ2) is 14.7. The maximum Gasteiger partial charge on any atom is 0.136 e. The Kier molecular flexibility index (Phi) is 11.6. The van der Waals surface area contributed by atoms with Crippen molar-refractivity contribution in [1.82, 2.24) is 5.06 Å². The summed E-state index contributed by atoms with van der Waals surface area (Å²) in [6.45, 7) is 2.98. The minimum absolute atomic E-state index is 0.0446. The lowest BCUT2D eigenvalue weighted by Crippen LogP contribution is -2.44. The number of aliphatic hydroxyl groups is 1. The Morgan fingerprint density at radius 3 is 2.32 bits per heavy atom. The van der Waals surface area contributed by atoms with Gasteiger partial charge in [-0.15, -0.1) is 0 Å². The van der Waals surface area contributed by atoms with Crippen molar-refractivity contribution < 1.29 is 19.5 Å². The number of aliphatic hydroxyl groups excluding tert-OH is 1. The zero-order valence-corrected chi connectivity index (χ0v) is 25.6. The number of carbonyl (C=O) groups is 1. The van der Waals surface area contributed by atoms with Crippen molar-refractivity contribution in [2.24, 2.45) is 17.3 Å². The summed E-state index contributed by atoms with van der Waals surface area (Å²) < 4.78 is 7.60. The topological polar surface area (TPSA) is 59.0 Å². The minimum atomic E-state index is -0.375. The molecule has 1 N–H and O–H groups in total. The van der Waals surface area contributed by atoms with E-state index in [1.165, 1.54) is 82.6 Å². The highest BCUT2D eigenvalue weighted by Gasteiger charge is 2.60. The number of nitrogens with zero attached hydrogens (tertiary/aromatic N) is 1. The second-order valence-electron chi connectivity index (χ2n) is 12.4. The maximum absolute atomic E-state index is 13.4. The van der Waals surface area contributed by atoms with Crippen molar-refractivity contribution >= 4 is 21.7 Å². The van der Waals surface area contributed by atoms with Crippen molar-refractivity contribution in [2.75, 3.05) is 13.7 Å². The number of halogens is 1. The highest BCUT2D eigenvalue weighted by molar-refractivity contribution is 9.11. The quantitative estimate of drug-likeness (QED) is 0.182. The number of carbonyl (C=O) groups excluding carboxylic acids is 1. The molecule has 38 heavy (non-hydrogen) atoms. The number of ether oxygens (including phenoxy) is 1. The summed E-state index contributed by atoms with van der Waals surface area (Å²) >= 11 is 3.93. The third-order valence-electron chi connectivity index (χ3n) is 9.65. The van der Waals surface area contributed by atoms with Crippen LogP contribution in [-0.4, -0.2) is 41.8 Å². The molecule has 216 valence electrons. The molecular weight excluding hydrogens is 542 g/mol. The number of ketones is 1. The van der Waals surface area contributed by atoms with Gasteiger partial charge in [-0.2, -0.15) is 0 Å². The lowest BCUT2D eigenvalue weighted by molar-refractivity contribution is -0.126. The molecule has 0 bridgehead atoms. The lowest BCUT2D eigenvalue weighted by atomic mass is 9.60. The average molecular weight is 595 g/mol. The van der Waals surface area contributed by atoms with Gasteiger partial charge in [0.15, 0.2) is 0 Å². The summed E-state index contributed by atoms with van der Waals surface area (Å²) in [7, 11) is 1.70. The first-order chi connectivity index (χ1) is 18.5. The van der Waals surface area contributed by atoms with Crippen molar-refractivity contribution in [2.45, 2.75) is 141 Å². The Balaban J connectivity index is 1.22. The van der Waals surface area contributed by atoms with Crippen molar-refractivity contribution in [3.05, 3.63) is 22.0 Å². The minimum Gasteiger partial charge on any atom is -0.493 e. The van der Waals surface area contributed by atoms with Crippen LogP contribution in [0.2, 0.25) is 0 Å². The number of hydroxylamine groups is 2. The normalized spacial score (nSPS) is 30.4. The monoisotopic (exact) mass is 593 g/mol. The largest absolute Gasteiger partial charge is 0.493 e. The van der Waals surface area contributed by atoms with Crippen LogP contribution in [-0.2, 0) is 14.4 Å². The first-order valence-electron chi connectivity index (χ1n) is 15.8. The summed E-state index contributed by atoms with van der Waals surface area (Å²) in [6.07, 6.45) is 23.6. The van der Waals surface area contributed by atoms with Crippen LogP contribution < -0.4 is 0 Å². The summed E-state index contributed by atoms with van der Waals surface area (Å²) in [4.78, 5) is 19.0. The number of unbranched alkanes of at least 4 members (excludes halogenated alkanes) is 12. The van der Waals surface area contributed by atoms with Crippen molar-refractivity contribution in [1.29, 1.82) is 0 Å². The van der Waals surface area contributed by atoms with Crippen LogP contribution >= 0.6 is 15.9 Å². The van der Waals surface area contributed by atoms with E-state index in [2.05, 4.69) is 29.1 Å². The van der Waals surface area contributed by atoms with Gasteiger partial charge in [0.25, 0.3) is 0 Å². The molecule has 0 amide bonds. The van der Waals surface area contributed by atoms with Crippen LogP contribution in [0.4, 0.5) is 0 Å². The van der Waals surface area contributed by atoms with Gasteiger partial charge in [0.2, 0.25) is 0 Å². The fraction of sp³-hybridized carbons (Fsp3) is 0.844. The molecule has 2 heterocycles. The van der Waals surface area contributed by atoms with E-state index in [9.17, 15) is 9.90 Å². The smallest absolute Gasteiger partial charge is 0.136 e. The van der Waals surface area contributed by atoms with E-state index >= 15 is 0 Å². The summed E-state index contributed by atoms with van der Waals surface area (Å²) in [5.74, 6) is 1.68. The van der Waals surface area contributed by atoms with Crippen molar-refractivity contribution in [3.63, 3.8) is 0 Å². The molecule has 0 aromatic carbocycles. The molecule has 1 spiro atoms. The molecule has 4 unspecified atom stereocenters. The molecule has 2 aliphatic carbocycles. The fourth-order valence-corrected chi connectivity index (χ4v) is 8.48. The highest BCUT2D eigenvalue weighted by Crippen LogP contribution is 2.63. The Bertz CT molecular complexity index is 841. The van der Waals surface area contributed by atoms with Crippen LogP contribution in [0.15, 0.2) is 22.0 Å². The number of hydrogen-bond acceptors (Lipinski definition) is 5. The SMILES string of the molecule is CCCCCCCCCCCCCCCC(=O)C1CCC2OC3=C4C(C[C@@H](O)C3)CN(OC)C=C(Br)C42C1. The van der Waals surface area contributed by atoms with Crippen molar-refractivity contribution in [3.8, 4) is 0 Å². The zero-order chi connectivity index (χ0) is 27.0. The Labute approximate surface area is 239 Å². The Hall–Kier alpha value is -0.850. The van der Waals surface area contributed by atoms with Crippen LogP contribution in [0.3, 0.4) is 0 Å². The molecule has 0 aromatic heterocycles. The van der Waals surface area contributed by atoms with E-state index < -0.39 is 0 Å². The molecule has 0 saturated heterocycles. The lowest BCUT2D eigenvalue weighted by Gasteiger charge is -2.44. The second-order valence-corrected chi connectivity index (χ2v) is 13.3. The molecule has 0 aromatic rings. The number of hydrogen-bond donors (Lipinski definition) is 1. The van der Waals surface area contributed by atoms with E-state index in [1.807, 2.05) is 5.06 Å². The van der Waals surface area contributed by atoms with Gasteiger partial charge in [0.1, 0.15) is 11.9 Å². The van der Waals surface area contributed by atoms with Gasteiger partial charge in [-0.05, 0) is 37.7 Å². The average Bonchev–Trinajstić information content (AvgIpc) is 3.19. The van der Waals surface area contributed by atoms with E-state index in [0.717, 1.165) is 42.3 Å². The molecular formula is C32H52BrNO4. The molecule has 2 aliphatic heterocycles. The standard InChI is InChI=1S/C32H52BrNO4/c1-3-4-5-6-7-8-9-10-11-12-13-14-15-16-27(36)24-17-18-30-32(21-24)29(33)23-34(37-2)22-25-19-26(35)20-28(38-30)31(25)32/h23-26,30,35H,3-22H2,1-2H3/t24?,25?,26-,30?,32?/m1/s1. The van der Waals surface area contributed by atoms with E-state index in [0.29, 0.717) is 25.2 Å². The molecule has 5 atom stereocenters. The van der Waals surface area contributed by atoms with Gasteiger partial charge in [-0.3, -0.25) is 14.7 Å². The Morgan fingerprint density at radius 2 is 1.68 bits per heavy atom. The zero-order valence-electron chi connectivity index (χ0n) is 24.0. The van der Waals surface area contributed by atoms with Gasteiger partial charge < -0.3 is 9.84 Å². The molecule has 4 aliphatic rings. The first-order valence-corrected chi connectivity index (χ1v) is 16.6. The molecule has 0 radical (unpaired) electrons. The molecule has 6 heteroatoms. The van der Waals surface area contributed by atoms with E-state index in [4.69, 9.17) is 9.57 Å².